The summed E-state index contributed by atoms with van der Waals surface area (Å²) in [7, 11) is 2.32. The smallest absolute Gasteiger partial charge is 0.00716 e. The molecule has 1 heterocycles. The highest BCUT2D eigenvalue weighted by Crippen LogP contribution is 2.24. The quantitative estimate of drug-likeness (QED) is 0.799. The molecule has 3 heteroatoms. The summed E-state index contributed by atoms with van der Waals surface area (Å²) >= 11 is 2.21. The molecule has 1 aliphatic carbocycles. The van der Waals surface area contributed by atoms with Crippen molar-refractivity contribution in [2.75, 3.05) is 39.0 Å². The predicted molar refractivity (Wildman–Crippen MR) is 82.4 cm³/mol. The van der Waals surface area contributed by atoms with Gasteiger partial charge in [-0.15, -0.1) is 0 Å². The van der Waals surface area contributed by atoms with E-state index in [1.807, 2.05) is 0 Å². The lowest BCUT2D eigenvalue weighted by Crippen LogP contribution is -2.31. The van der Waals surface area contributed by atoms with Crippen LogP contribution in [0.4, 0.5) is 0 Å². The molecule has 0 amide bonds. The highest BCUT2D eigenvalue weighted by Gasteiger charge is 2.16. The Kier molecular flexibility index (Phi) is 6.88. The van der Waals surface area contributed by atoms with Crippen LogP contribution in [0.2, 0.25) is 0 Å². The maximum absolute atomic E-state index is 3.44. The van der Waals surface area contributed by atoms with E-state index in [9.17, 15) is 0 Å². The zero-order valence-electron chi connectivity index (χ0n) is 12.0. The molecule has 1 N–H and O–H groups in total. The lowest BCUT2D eigenvalue weighted by molar-refractivity contribution is 0.242. The molecule has 2 aliphatic rings. The molecule has 106 valence electrons. The molecule has 1 saturated heterocycles. The summed E-state index contributed by atoms with van der Waals surface area (Å²) in [6.45, 7) is 5.09. The molecule has 0 aromatic carbocycles. The van der Waals surface area contributed by atoms with E-state index in [1.54, 1.807) is 0 Å². The molecule has 2 rings (SSSR count). The largest absolute Gasteiger partial charge is 0.317 e. The lowest BCUT2D eigenvalue weighted by Gasteiger charge is -2.28. The van der Waals surface area contributed by atoms with E-state index >= 15 is 0 Å². The Morgan fingerprint density at radius 1 is 1.06 bits per heavy atom. The fraction of sp³-hybridized carbons (Fsp3) is 1.00. The number of nitrogens with zero attached hydrogens (tertiary/aromatic N) is 1. The highest BCUT2D eigenvalue weighted by molar-refractivity contribution is 7.99. The summed E-state index contributed by atoms with van der Waals surface area (Å²) in [4.78, 5) is 2.57. The summed E-state index contributed by atoms with van der Waals surface area (Å²) in [6.07, 6.45) is 10.1. The van der Waals surface area contributed by atoms with Crippen molar-refractivity contribution in [1.29, 1.82) is 0 Å². The van der Waals surface area contributed by atoms with Gasteiger partial charge in [0.1, 0.15) is 0 Å². The van der Waals surface area contributed by atoms with Crippen molar-refractivity contribution in [3.05, 3.63) is 0 Å². The van der Waals surface area contributed by atoms with E-state index in [1.165, 1.54) is 76.9 Å². The van der Waals surface area contributed by atoms with Gasteiger partial charge in [0.15, 0.2) is 0 Å². The van der Waals surface area contributed by atoms with E-state index < -0.39 is 0 Å². The zero-order valence-corrected chi connectivity index (χ0v) is 12.8. The Balaban J connectivity index is 1.52. The van der Waals surface area contributed by atoms with E-state index in [0.717, 1.165) is 11.2 Å². The van der Waals surface area contributed by atoms with E-state index in [-0.39, 0.29) is 0 Å². The van der Waals surface area contributed by atoms with Gasteiger partial charge in [0.05, 0.1) is 0 Å². The van der Waals surface area contributed by atoms with Crippen LogP contribution in [-0.2, 0) is 0 Å². The SMILES string of the molecule is CN(CCSC1CCNCC1)CC1CCCCC1. The number of hydrogen-bond donors (Lipinski definition) is 1. The molecular weight excluding hydrogens is 240 g/mol. The molecule has 18 heavy (non-hydrogen) atoms. The maximum atomic E-state index is 3.44. The third-order valence-corrected chi connectivity index (χ3v) is 5.77. The Bertz CT molecular complexity index is 211. The molecule has 1 saturated carbocycles. The Morgan fingerprint density at radius 2 is 1.78 bits per heavy atom. The molecule has 0 atom stereocenters. The van der Waals surface area contributed by atoms with Crippen molar-refractivity contribution < 1.29 is 0 Å². The van der Waals surface area contributed by atoms with Gasteiger partial charge in [0, 0.05) is 24.1 Å². The molecule has 2 fully saturated rings. The number of rotatable bonds is 6. The monoisotopic (exact) mass is 270 g/mol. The second kappa shape index (κ2) is 8.44. The molecule has 0 spiro atoms. The second-order valence-electron chi connectivity index (χ2n) is 6.09. The van der Waals surface area contributed by atoms with Crippen molar-refractivity contribution in [3.63, 3.8) is 0 Å². The third-order valence-electron chi connectivity index (χ3n) is 4.41. The normalized spacial score (nSPS) is 23.7. The van der Waals surface area contributed by atoms with Crippen LogP contribution < -0.4 is 5.32 Å². The highest BCUT2D eigenvalue weighted by atomic mass is 32.2. The minimum Gasteiger partial charge on any atom is -0.317 e. The molecule has 2 nitrogen and oxygen atoms in total. The summed E-state index contributed by atoms with van der Waals surface area (Å²) in [5.74, 6) is 2.32. The number of hydrogen-bond acceptors (Lipinski definition) is 3. The summed E-state index contributed by atoms with van der Waals surface area (Å²) < 4.78 is 0. The average Bonchev–Trinajstić information content (AvgIpc) is 2.41. The standard InChI is InChI=1S/C15H30N2S/c1-17(13-14-5-3-2-4-6-14)11-12-18-15-7-9-16-10-8-15/h14-16H,2-13H2,1H3. The second-order valence-corrected chi connectivity index (χ2v) is 7.49. The third kappa shape index (κ3) is 5.50. The first kappa shape index (κ1) is 14.7. The van der Waals surface area contributed by atoms with Gasteiger partial charge < -0.3 is 10.2 Å². The topological polar surface area (TPSA) is 15.3 Å². The Hall–Kier alpha value is 0.270. The number of piperidine rings is 1. The maximum Gasteiger partial charge on any atom is 0.00716 e. The molecule has 0 aromatic rings. The van der Waals surface area contributed by atoms with E-state index in [2.05, 4.69) is 29.0 Å². The Morgan fingerprint density at radius 3 is 2.50 bits per heavy atom. The number of thioether (sulfide) groups is 1. The van der Waals surface area contributed by atoms with Crippen LogP contribution in [0.15, 0.2) is 0 Å². The van der Waals surface area contributed by atoms with Crippen molar-refractivity contribution in [2.45, 2.75) is 50.2 Å². The van der Waals surface area contributed by atoms with Gasteiger partial charge in [-0.05, 0) is 51.7 Å². The number of nitrogens with one attached hydrogen (secondary N) is 1. The summed E-state index contributed by atoms with van der Waals surface area (Å²) in [6, 6.07) is 0. The van der Waals surface area contributed by atoms with Crippen LogP contribution in [0.5, 0.6) is 0 Å². The van der Waals surface area contributed by atoms with Gasteiger partial charge in [0.2, 0.25) is 0 Å². The van der Waals surface area contributed by atoms with Gasteiger partial charge in [-0.2, -0.15) is 11.8 Å². The van der Waals surface area contributed by atoms with Crippen molar-refractivity contribution in [2.24, 2.45) is 5.92 Å². The van der Waals surface area contributed by atoms with Crippen LogP contribution >= 0.6 is 11.8 Å². The van der Waals surface area contributed by atoms with Gasteiger partial charge in [-0.25, -0.2) is 0 Å². The molecule has 0 unspecified atom stereocenters. The fourth-order valence-electron chi connectivity index (χ4n) is 3.24. The fourth-order valence-corrected chi connectivity index (χ4v) is 4.56. The van der Waals surface area contributed by atoms with Crippen LogP contribution in [0, 0.1) is 5.92 Å². The first-order valence-electron chi connectivity index (χ1n) is 7.85. The lowest BCUT2D eigenvalue weighted by atomic mass is 9.89. The van der Waals surface area contributed by atoms with Crippen LogP contribution in [0.25, 0.3) is 0 Å². The van der Waals surface area contributed by atoms with Crippen LogP contribution in [-0.4, -0.2) is 49.1 Å². The van der Waals surface area contributed by atoms with Crippen molar-refractivity contribution in [3.8, 4) is 0 Å². The van der Waals surface area contributed by atoms with Crippen molar-refractivity contribution in [1.82, 2.24) is 10.2 Å². The van der Waals surface area contributed by atoms with E-state index in [0.29, 0.717) is 0 Å². The summed E-state index contributed by atoms with van der Waals surface area (Å²) in [5, 5.41) is 4.37. The summed E-state index contributed by atoms with van der Waals surface area (Å²) in [5.41, 5.74) is 0. The zero-order chi connectivity index (χ0) is 12.6. The molecule has 1 aliphatic heterocycles. The van der Waals surface area contributed by atoms with Crippen LogP contribution in [0.3, 0.4) is 0 Å². The van der Waals surface area contributed by atoms with Gasteiger partial charge in [0.25, 0.3) is 0 Å². The molecular formula is C15H30N2S. The van der Waals surface area contributed by atoms with E-state index in [4.69, 9.17) is 0 Å². The van der Waals surface area contributed by atoms with Crippen LogP contribution in [0.1, 0.15) is 44.9 Å². The first-order valence-corrected chi connectivity index (χ1v) is 8.90. The average molecular weight is 270 g/mol. The van der Waals surface area contributed by atoms with Gasteiger partial charge in [-0.1, -0.05) is 19.3 Å². The molecule has 0 bridgehead atoms. The Labute approximate surface area is 117 Å². The van der Waals surface area contributed by atoms with Gasteiger partial charge in [-0.3, -0.25) is 0 Å². The first-order chi connectivity index (χ1) is 8.84. The molecule has 0 radical (unpaired) electrons. The van der Waals surface area contributed by atoms with Gasteiger partial charge >= 0.3 is 0 Å². The van der Waals surface area contributed by atoms with Crippen molar-refractivity contribution >= 4 is 11.8 Å². The minimum atomic E-state index is 0.925. The predicted octanol–water partition coefficient (Wildman–Crippen LogP) is 2.98. The molecule has 0 aromatic heterocycles. The minimum absolute atomic E-state index is 0.925.